The lowest BCUT2D eigenvalue weighted by Crippen LogP contribution is -2.46. The van der Waals surface area contributed by atoms with Gasteiger partial charge in [-0.2, -0.15) is 4.98 Å². The Balaban J connectivity index is 1.94. The van der Waals surface area contributed by atoms with E-state index in [0.29, 0.717) is 24.2 Å². The first-order valence-electron chi connectivity index (χ1n) is 7.50. The molecule has 2 rings (SSSR count). The molecule has 1 saturated carbocycles. The third-order valence-corrected chi connectivity index (χ3v) is 3.85. The van der Waals surface area contributed by atoms with E-state index in [1.807, 2.05) is 6.92 Å². The van der Waals surface area contributed by atoms with Gasteiger partial charge in [0, 0.05) is 12.5 Å². The lowest BCUT2D eigenvalue weighted by Gasteiger charge is -2.23. The van der Waals surface area contributed by atoms with Crippen molar-refractivity contribution in [1.29, 1.82) is 0 Å². The number of amides is 2. The molecule has 0 unspecified atom stereocenters. The van der Waals surface area contributed by atoms with Crippen LogP contribution in [0.25, 0.3) is 0 Å². The quantitative estimate of drug-likeness (QED) is 0.853. The summed E-state index contributed by atoms with van der Waals surface area (Å²) in [6.07, 6.45) is 2.72. The van der Waals surface area contributed by atoms with Crippen molar-refractivity contribution >= 4 is 12.0 Å². The van der Waals surface area contributed by atoms with Crippen molar-refractivity contribution in [3.05, 3.63) is 11.7 Å². The van der Waals surface area contributed by atoms with E-state index in [4.69, 9.17) is 4.52 Å². The van der Waals surface area contributed by atoms with Crippen molar-refractivity contribution in [3.8, 4) is 0 Å². The maximum atomic E-state index is 12.3. The third kappa shape index (κ3) is 3.75. The second-order valence-corrected chi connectivity index (χ2v) is 5.39. The second-order valence-electron chi connectivity index (χ2n) is 5.39. The highest BCUT2D eigenvalue weighted by molar-refractivity contribution is 5.85. The van der Waals surface area contributed by atoms with Crippen molar-refractivity contribution in [1.82, 2.24) is 20.4 Å². The van der Waals surface area contributed by atoms with Crippen LogP contribution in [0, 0.1) is 0 Å². The lowest BCUT2D eigenvalue weighted by atomic mass is 9.85. The van der Waals surface area contributed by atoms with Crippen LogP contribution < -0.4 is 5.32 Å². The number of hydrogen-bond donors (Lipinski definition) is 1. The number of likely N-dealkylation sites (N-methyl/N-ethyl adjacent to an activating group) is 1. The van der Waals surface area contributed by atoms with Crippen molar-refractivity contribution in [2.75, 3.05) is 13.7 Å². The molecule has 0 radical (unpaired) electrons. The molecule has 0 bridgehead atoms. The Bertz CT molecular complexity index is 527. The molecular weight excluding hydrogens is 288 g/mol. The molecule has 1 heterocycles. The molecule has 0 aliphatic heterocycles. The molecule has 0 aromatic carbocycles. The summed E-state index contributed by atoms with van der Waals surface area (Å²) in [5.41, 5.74) is 0. The molecule has 1 aromatic rings. The molecule has 0 spiro atoms. The Kier molecular flexibility index (Phi) is 5.35. The van der Waals surface area contributed by atoms with E-state index in [-0.39, 0.29) is 12.5 Å². The summed E-state index contributed by atoms with van der Waals surface area (Å²) < 4.78 is 9.74. The zero-order valence-corrected chi connectivity index (χ0v) is 13.2. The van der Waals surface area contributed by atoms with E-state index >= 15 is 0 Å². The van der Waals surface area contributed by atoms with E-state index in [1.54, 1.807) is 11.8 Å². The van der Waals surface area contributed by atoms with Gasteiger partial charge in [-0.1, -0.05) is 11.6 Å². The Hall–Kier alpha value is -2.12. The van der Waals surface area contributed by atoms with Crippen LogP contribution >= 0.6 is 0 Å². The highest BCUT2D eigenvalue weighted by Crippen LogP contribution is 2.35. The smallest absolute Gasteiger partial charge is 0.407 e. The Morgan fingerprint density at radius 1 is 1.50 bits per heavy atom. The zero-order chi connectivity index (χ0) is 16.1. The van der Waals surface area contributed by atoms with Gasteiger partial charge in [0.1, 0.15) is 6.04 Å². The topological polar surface area (TPSA) is 97.6 Å². The standard InChI is InChI=1S/C14H22N4O4/c1-4-18(13(19)9(2)15-14(20)21-3)8-11-16-12(22-17-11)10-6-5-7-10/h9-10H,4-8H2,1-3H3,(H,15,20)/t9-/m0/s1. The minimum atomic E-state index is -0.676. The molecule has 1 aliphatic carbocycles. The largest absolute Gasteiger partial charge is 0.453 e. The van der Waals surface area contributed by atoms with Gasteiger partial charge in [0.15, 0.2) is 5.82 Å². The number of methoxy groups -OCH3 is 1. The van der Waals surface area contributed by atoms with Crippen molar-refractivity contribution in [2.45, 2.75) is 51.6 Å². The van der Waals surface area contributed by atoms with Crippen molar-refractivity contribution in [2.24, 2.45) is 0 Å². The number of ether oxygens (including phenoxy) is 1. The first-order valence-corrected chi connectivity index (χ1v) is 7.50. The van der Waals surface area contributed by atoms with Gasteiger partial charge in [-0.05, 0) is 26.7 Å². The van der Waals surface area contributed by atoms with Gasteiger partial charge in [-0.25, -0.2) is 4.79 Å². The third-order valence-electron chi connectivity index (χ3n) is 3.85. The Morgan fingerprint density at radius 2 is 2.23 bits per heavy atom. The van der Waals surface area contributed by atoms with Gasteiger partial charge in [0.25, 0.3) is 0 Å². The van der Waals surface area contributed by atoms with Gasteiger partial charge >= 0.3 is 6.09 Å². The average molecular weight is 310 g/mol. The van der Waals surface area contributed by atoms with Crippen LogP contribution in [-0.2, 0) is 16.1 Å². The maximum Gasteiger partial charge on any atom is 0.407 e. The maximum absolute atomic E-state index is 12.3. The van der Waals surface area contributed by atoms with Crippen LogP contribution in [0.5, 0.6) is 0 Å². The number of aromatic nitrogens is 2. The fourth-order valence-electron chi connectivity index (χ4n) is 2.24. The normalized spacial score (nSPS) is 15.8. The summed E-state index contributed by atoms with van der Waals surface area (Å²) in [5, 5.41) is 6.39. The number of hydrogen-bond acceptors (Lipinski definition) is 6. The molecule has 1 aromatic heterocycles. The fraction of sp³-hybridized carbons (Fsp3) is 0.714. The van der Waals surface area contributed by atoms with Gasteiger partial charge < -0.3 is 19.5 Å². The highest BCUT2D eigenvalue weighted by Gasteiger charge is 2.27. The summed E-state index contributed by atoms with van der Waals surface area (Å²) in [5.74, 6) is 1.29. The van der Waals surface area contributed by atoms with Gasteiger partial charge in [-0.3, -0.25) is 4.79 Å². The van der Waals surface area contributed by atoms with Gasteiger partial charge in [0.2, 0.25) is 11.8 Å². The molecule has 8 nitrogen and oxygen atoms in total. The number of nitrogens with one attached hydrogen (secondary N) is 1. The van der Waals surface area contributed by atoms with E-state index in [1.165, 1.54) is 13.5 Å². The average Bonchev–Trinajstić information content (AvgIpc) is 2.89. The predicted molar refractivity (Wildman–Crippen MR) is 77.0 cm³/mol. The van der Waals surface area contributed by atoms with E-state index in [0.717, 1.165) is 12.8 Å². The molecule has 1 aliphatic rings. The van der Waals surface area contributed by atoms with Crippen LogP contribution in [0.1, 0.15) is 50.7 Å². The number of nitrogens with zero attached hydrogens (tertiary/aromatic N) is 3. The van der Waals surface area contributed by atoms with Crippen LogP contribution in [0.2, 0.25) is 0 Å². The van der Waals surface area contributed by atoms with Crippen LogP contribution in [-0.4, -0.2) is 46.7 Å². The monoisotopic (exact) mass is 310 g/mol. The van der Waals surface area contributed by atoms with Crippen LogP contribution in [0.3, 0.4) is 0 Å². The number of carbonyl (C=O) groups excluding carboxylic acids is 2. The van der Waals surface area contributed by atoms with Crippen LogP contribution in [0.15, 0.2) is 4.52 Å². The molecule has 1 atom stereocenters. The van der Waals surface area contributed by atoms with E-state index < -0.39 is 12.1 Å². The Labute approximate surface area is 129 Å². The van der Waals surface area contributed by atoms with Gasteiger partial charge in [0.05, 0.1) is 13.7 Å². The number of alkyl carbamates (subject to hydrolysis) is 1. The summed E-state index contributed by atoms with van der Waals surface area (Å²) in [6.45, 7) is 4.21. The minimum Gasteiger partial charge on any atom is -0.453 e. The Morgan fingerprint density at radius 3 is 2.77 bits per heavy atom. The molecule has 2 amide bonds. The van der Waals surface area contributed by atoms with Crippen LogP contribution in [0.4, 0.5) is 4.79 Å². The SMILES string of the molecule is CCN(Cc1noc(C2CCC2)n1)C(=O)[C@H](C)NC(=O)OC. The van der Waals surface area contributed by atoms with E-state index in [2.05, 4.69) is 20.2 Å². The summed E-state index contributed by atoms with van der Waals surface area (Å²) in [7, 11) is 1.26. The van der Waals surface area contributed by atoms with Crippen molar-refractivity contribution < 1.29 is 18.8 Å². The fourth-order valence-corrected chi connectivity index (χ4v) is 2.24. The highest BCUT2D eigenvalue weighted by atomic mass is 16.5. The van der Waals surface area contributed by atoms with E-state index in [9.17, 15) is 9.59 Å². The minimum absolute atomic E-state index is 0.220. The van der Waals surface area contributed by atoms with Gasteiger partial charge in [-0.15, -0.1) is 0 Å². The molecule has 22 heavy (non-hydrogen) atoms. The molecule has 1 fully saturated rings. The molecule has 122 valence electrons. The molecular formula is C14H22N4O4. The summed E-state index contributed by atoms with van der Waals surface area (Å²) >= 11 is 0. The zero-order valence-electron chi connectivity index (χ0n) is 13.2. The van der Waals surface area contributed by atoms with Crippen molar-refractivity contribution in [3.63, 3.8) is 0 Å². The number of carbonyl (C=O) groups is 2. The summed E-state index contributed by atoms with van der Waals surface area (Å²) in [4.78, 5) is 29.4. The second kappa shape index (κ2) is 7.24. The molecule has 0 saturated heterocycles. The lowest BCUT2D eigenvalue weighted by molar-refractivity contribution is -0.133. The first-order chi connectivity index (χ1) is 10.5. The first kappa shape index (κ1) is 16.3. The predicted octanol–water partition coefficient (Wildman–Crippen LogP) is 1.43. The molecule has 8 heteroatoms. The number of rotatable bonds is 6. The summed E-state index contributed by atoms with van der Waals surface area (Å²) in [6, 6.07) is -0.676. The molecule has 1 N–H and O–H groups in total.